The monoisotopic (exact) mass is 386 g/mol. The first-order chi connectivity index (χ1) is 11.5. The van der Waals surface area contributed by atoms with Crippen LogP contribution in [0.1, 0.15) is 0 Å². The van der Waals surface area contributed by atoms with E-state index in [1.54, 1.807) is 18.2 Å². The van der Waals surface area contributed by atoms with Crippen molar-refractivity contribution in [3.8, 4) is 6.07 Å². The molecule has 0 atom stereocenters. The Labute approximate surface area is 145 Å². The molecular weight excluding hydrogens is 376 g/mol. The lowest BCUT2D eigenvalue weighted by molar-refractivity contribution is -0.384. The Morgan fingerprint density at radius 2 is 2.00 bits per heavy atom. The van der Waals surface area contributed by atoms with Crippen molar-refractivity contribution in [3.63, 3.8) is 0 Å². The minimum absolute atomic E-state index is 0.151. The SMILES string of the molecule is N#C/C(=C/Nc1ccccc1Br)C(=O)Nc1cccc([N+](=O)[O-])c1. The quantitative estimate of drug-likeness (QED) is 0.351. The lowest BCUT2D eigenvalue weighted by Crippen LogP contribution is -2.14. The smallest absolute Gasteiger partial charge is 0.271 e. The summed E-state index contributed by atoms with van der Waals surface area (Å²) in [5, 5.41) is 25.2. The molecule has 2 aromatic carbocycles. The summed E-state index contributed by atoms with van der Waals surface area (Å²) in [7, 11) is 0. The Morgan fingerprint density at radius 3 is 2.67 bits per heavy atom. The second kappa shape index (κ2) is 7.89. The van der Waals surface area contributed by atoms with Gasteiger partial charge in [0, 0.05) is 28.5 Å². The summed E-state index contributed by atoms with van der Waals surface area (Å²) >= 11 is 3.34. The number of carbonyl (C=O) groups is 1. The van der Waals surface area contributed by atoms with Crippen molar-refractivity contribution in [2.45, 2.75) is 0 Å². The highest BCUT2D eigenvalue weighted by molar-refractivity contribution is 9.10. The van der Waals surface area contributed by atoms with Gasteiger partial charge in [0.2, 0.25) is 0 Å². The number of nitro benzene ring substituents is 1. The predicted molar refractivity (Wildman–Crippen MR) is 93.2 cm³/mol. The molecule has 0 aliphatic carbocycles. The van der Waals surface area contributed by atoms with Gasteiger partial charge in [-0.05, 0) is 34.1 Å². The number of non-ortho nitro benzene ring substituents is 1. The van der Waals surface area contributed by atoms with E-state index in [0.29, 0.717) is 5.69 Å². The molecule has 0 spiro atoms. The van der Waals surface area contributed by atoms with Crippen LogP contribution >= 0.6 is 15.9 Å². The number of halogens is 1. The molecule has 0 fully saturated rings. The Kier molecular flexibility index (Phi) is 5.65. The molecule has 0 aliphatic rings. The van der Waals surface area contributed by atoms with Crippen molar-refractivity contribution < 1.29 is 9.72 Å². The molecule has 2 rings (SSSR count). The molecule has 0 saturated carbocycles. The van der Waals surface area contributed by atoms with E-state index in [2.05, 4.69) is 26.6 Å². The van der Waals surface area contributed by atoms with Crippen molar-refractivity contribution in [1.29, 1.82) is 5.26 Å². The molecule has 7 nitrogen and oxygen atoms in total. The molecule has 2 N–H and O–H groups in total. The van der Waals surface area contributed by atoms with Gasteiger partial charge in [-0.25, -0.2) is 0 Å². The number of para-hydroxylation sites is 1. The molecule has 0 aliphatic heterocycles. The van der Waals surface area contributed by atoms with E-state index >= 15 is 0 Å². The Morgan fingerprint density at radius 1 is 1.25 bits per heavy atom. The van der Waals surface area contributed by atoms with E-state index in [-0.39, 0.29) is 16.9 Å². The minimum atomic E-state index is -0.669. The third kappa shape index (κ3) is 4.41. The number of hydrogen-bond acceptors (Lipinski definition) is 5. The number of rotatable bonds is 5. The van der Waals surface area contributed by atoms with Crippen LogP contribution in [0, 0.1) is 21.4 Å². The number of nitro groups is 1. The number of amides is 1. The van der Waals surface area contributed by atoms with Crippen LogP contribution in [0.2, 0.25) is 0 Å². The molecule has 0 bridgehead atoms. The highest BCUT2D eigenvalue weighted by Crippen LogP contribution is 2.21. The van der Waals surface area contributed by atoms with Crippen LogP contribution in [0.5, 0.6) is 0 Å². The third-order valence-corrected chi connectivity index (χ3v) is 3.62. The Balaban J connectivity index is 2.13. The largest absolute Gasteiger partial charge is 0.359 e. The van der Waals surface area contributed by atoms with Crippen LogP contribution in [0.4, 0.5) is 17.1 Å². The number of hydrogen-bond donors (Lipinski definition) is 2. The van der Waals surface area contributed by atoms with Crippen LogP contribution in [-0.2, 0) is 4.79 Å². The molecule has 2 aromatic rings. The first kappa shape index (κ1) is 17.2. The lowest BCUT2D eigenvalue weighted by Gasteiger charge is -2.06. The highest BCUT2D eigenvalue weighted by atomic mass is 79.9. The number of anilines is 2. The number of carbonyl (C=O) groups excluding carboxylic acids is 1. The highest BCUT2D eigenvalue weighted by Gasteiger charge is 2.12. The third-order valence-electron chi connectivity index (χ3n) is 2.93. The maximum atomic E-state index is 12.1. The molecule has 0 radical (unpaired) electrons. The van der Waals surface area contributed by atoms with E-state index < -0.39 is 10.8 Å². The molecule has 1 amide bonds. The zero-order valence-corrected chi connectivity index (χ0v) is 13.8. The van der Waals surface area contributed by atoms with Gasteiger partial charge in [-0.2, -0.15) is 5.26 Å². The molecule has 0 saturated heterocycles. The van der Waals surface area contributed by atoms with E-state index in [4.69, 9.17) is 5.26 Å². The van der Waals surface area contributed by atoms with Gasteiger partial charge in [-0.3, -0.25) is 14.9 Å². The van der Waals surface area contributed by atoms with Gasteiger partial charge < -0.3 is 10.6 Å². The van der Waals surface area contributed by atoms with E-state index in [0.717, 1.165) is 4.47 Å². The Bertz CT molecular complexity index is 858. The predicted octanol–water partition coefficient (Wildman–Crippen LogP) is 3.82. The van der Waals surface area contributed by atoms with E-state index in [1.807, 2.05) is 12.1 Å². The minimum Gasteiger partial charge on any atom is -0.359 e. The number of nitriles is 1. The summed E-state index contributed by atoms with van der Waals surface area (Å²) < 4.78 is 0.776. The molecular formula is C16H11BrN4O3. The van der Waals surface area contributed by atoms with Gasteiger partial charge in [0.15, 0.2) is 0 Å². The maximum Gasteiger partial charge on any atom is 0.271 e. The van der Waals surface area contributed by atoms with Crippen LogP contribution in [0.15, 0.2) is 64.8 Å². The van der Waals surface area contributed by atoms with Crippen LogP contribution in [0.3, 0.4) is 0 Å². The van der Waals surface area contributed by atoms with Gasteiger partial charge in [0.25, 0.3) is 11.6 Å². The van der Waals surface area contributed by atoms with Crippen LogP contribution < -0.4 is 10.6 Å². The summed E-state index contributed by atoms with van der Waals surface area (Å²) in [6.45, 7) is 0. The normalized spacial score (nSPS) is 10.6. The first-order valence-corrected chi connectivity index (χ1v) is 7.47. The fourth-order valence-electron chi connectivity index (χ4n) is 1.77. The van der Waals surface area contributed by atoms with Gasteiger partial charge in [-0.15, -0.1) is 0 Å². The lowest BCUT2D eigenvalue weighted by atomic mass is 10.2. The van der Waals surface area contributed by atoms with Gasteiger partial charge in [0.05, 0.1) is 10.6 Å². The summed E-state index contributed by atoms with van der Waals surface area (Å²) in [6, 6.07) is 14.5. The number of nitrogens with zero attached hydrogens (tertiary/aromatic N) is 2. The number of benzene rings is 2. The molecule has 0 unspecified atom stereocenters. The van der Waals surface area contributed by atoms with Crippen molar-refractivity contribution in [1.82, 2.24) is 0 Å². The summed E-state index contributed by atoms with van der Waals surface area (Å²) in [6.07, 6.45) is 1.27. The fraction of sp³-hybridized carbons (Fsp3) is 0. The molecule has 24 heavy (non-hydrogen) atoms. The van der Waals surface area contributed by atoms with Crippen molar-refractivity contribution in [3.05, 3.63) is 74.9 Å². The molecule has 8 heteroatoms. The van der Waals surface area contributed by atoms with Gasteiger partial charge in [0.1, 0.15) is 11.6 Å². The van der Waals surface area contributed by atoms with Crippen molar-refractivity contribution in [2.75, 3.05) is 10.6 Å². The summed E-state index contributed by atoms with van der Waals surface area (Å²) in [5.41, 5.74) is 0.600. The van der Waals surface area contributed by atoms with E-state index in [1.165, 1.54) is 30.5 Å². The molecule has 0 aromatic heterocycles. The average molecular weight is 387 g/mol. The topological polar surface area (TPSA) is 108 Å². The second-order valence-electron chi connectivity index (χ2n) is 4.56. The molecule has 120 valence electrons. The van der Waals surface area contributed by atoms with Crippen molar-refractivity contribution in [2.24, 2.45) is 0 Å². The van der Waals surface area contributed by atoms with Crippen LogP contribution in [-0.4, -0.2) is 10.8 Å². The zero-order chi connectivity index (χ0) is 17.5. The van der Waals surface area contributed by atoms with Crippen LogP contribution in [0.25, 0.3) is 0 Å². The summed E-state index contributed by atoms with van der Waals surface area (Å²) in [5.74, 6) is -0.669. The first-order valence-electron chi connectivity index (χ1n) is 6.68. The fourth-order valence-corrected chi connectivity index (χ4v) is 2.17. The van der Waals surface area contributed by atoms with Gasteiger partial charge >= 0.3 is 0 Å². The second-order valence-corrected chi connectivity index (χ2v) is 5.41. The number of nitrogens with one attached hydrogen (secondary N) is 2. The van der Waals surface area contributed by atoms with E-state index in [9.17, 15) is 14.9 Å². The zero-order valence-electron chi connectivity index (χ0n) is 12.2. The van der Waals surface area contributed by atoms with Crippen molar-refractivity contribution >= 4 is 38.9 Å². The van der Waals surface area contributed by atoms with Gasteiger partial charge in [-0.1, -0.05) is 18.2 Å². The summed E-state index contributed by atoms with van der Waals surface area (Å²) in [4.78, 5) is 22.3. The maximum absolute atomic E-state index is 12.1. The Hall–Kier alpha value is -3.18. The standard InChI is InChI=1S/C16H11BrN4O3/c17-14-6-1-2-7-15(14)19-10-11(9-18)16(22)20-12-4-3-5-13(8-12)21(23)24/h1-8,10,19H,(H,20,22)/b11-10-. The average Bonchev–Trinajstić information content (AvgIpc) is 2.57. The molecule has 0 heterocycles.